The number of hydrogen-bond donors (Lipinski definition) is 1. The molecular formula is C6H5KN2O5S. The van der Waals surface area contributed by atoms with Crippen LogP contribution in [0.15, 0.2) is 23.1 Å². The summed E-state index contributed by atoms with van der Waals surface area (Å²) in [6.45, 7) is 0. The first-order chi connectivity index (χ1) is 6.34. The minimum absolute atomic E-state index is 0. The molecule has 0 fully saturated rings. The van der Waals surface area contributed by atoms with Crippen LogP contribution in [0.4, 0.5) is 11.4 Å². The van der Waals surface area contributed by atoms with Gasteiger partial charge in [-0.2, -0.15) is 0 Å². The molecular weight excluding hydrogens is 251 g/mol. The topological polar surface area (TPSA) is 126 Å². The second-order valence-corrected chi connectivity index (χ2v) is 3.75. The number of benzene rings is 1. The Labute approximate surface area is 128 Å². The number of nitrogens with two attached hydrogens (primary N) is 1. The van der Waals surface area contributed by atoms with Crippen LogP contribution in [0.5, 0.6) is 0 Å². The van der Waals surface area contributed by atoms with Crippen molar-refractivity contribution in [3.8, 4) is 0 Å². The second kappa shape index (κ2) is 5.34. The molecule has 0 aliphatic rings. The third-order valence-electron chi connectivity index (χ3n) is 1.51. The monoisotopic (exact) mass is 256 g/mol. The number of nitro benzene ring substituents is 1. The van der Waals surface area contributed by atoms with Crippen LogP contribution in [0.2, 0.25) is 0 Å². The maximum atomic E-state index is 10.6. The summed E-state index contributed by atoms with van der Waals surface area (Å²) in [7, 11) is -4.77. The predicted octanol–water partition coefficient (Wildman–Crippen LogP) is -2.91. The molecule has 0 radical (unpaired) electrons. The fourth-order valence-corrected chi connectivity index (χ4v) is 1.53. The summed E-state index contributed by atoms with van der Waals surface area (Å²) in [6.07, 6.45) is 0. The molecule has 1 aromatic carbocycles. The molecule has 15 heavy (non-hydrogen) atoms. The van der Waals surface area contributed by atoms with E-state index < -0.39 is 31.3 Å². The number of hydrogen-bond acceptors (Lipinski definition) is 6. The minimum atomic E-state index is -4.77. The maximum Gasteiger partial charge on any atom is 1.00 e. The Balaban J connectivity index is 0.00000196. The van der Waals surface area contributed by atoms with E-state index in [1.165, 1.54) is 0 Å². The molecule has 76 valence electrons. The van der Waals surface area contributed by atoms with Crippen molar-refractivity contribution in [3.05, 3.63) is 28.3 Å². The van der Waals surface area contributed by atoms with Gasteiger partial charge in [0.15, 0.2) is 0 Å². The number of anilines is 1. The zero-order chi connectivity index (χ0) is 10.9. The van der Waals surface area contributed by atoms with Gasteiger partial charge >= 0.3 is 51.4 Å². The van der Waals surface area contributed by atoms with Gasteiger partial charge in [0.1, 0.15) is 15.8 Å². The number of rotatable bonds is 2. The van der Waals surface area contributed by atoms with E-state index in [1.54, 1.807) is 0 Å². The van der Waals surface area contributed by atoms with Gasteiger partial charge in [0, 0.05) is 6.07 Å². The molecule has 0 aliphatic carbocycles. The Morgan fingerprint density at radius 2 is 1.87 bits per heavy atom. The molecule has 0 saturated carbocycles. The van der Waals surface area contributed by atoms with Gasteiger partial charge < -0.3 is 10.3 Å². The number of nitrogens with zero attached hydrogens (tertiary/aromatic N) is 1. The van der Waals surface area contributed by atoms with Gasteiger partial charge in [0.2, 0.25) is 0 Å². The average molecular weight is 256 g/mol. The molecule has 0 spiro atoms. The van der Waals surface area contributed by atoms with Gasteiger partial charge in [-0.25, -0.2) is 8.42 Å². The molecule has 0 heterocycles. The molecule has 0 bridgehead atoms. The molecule has 0 saturated heterocycles. The zero-order valence-corrected chi connectivity index (χ0v) is 11.6. The van der Waals surface area contributed by atoms with Crippen molar-refractivity contribution >= 4 is 21.5 Å². The van der Waals surface area contributed by atoms with E-state index >= 15 is 0 Å². The van der Waals surface area contributed by atoms with Crippen LogP contribution in [0, 0.1) is 10.1 Å². The van der Waals surface area contributed by atoms with E-state index in [1.807, 2.05) is 0 Å². The van der Waals surface area contributed by atoms with Crippen molar-refractivity contribution in [1.29, 1.82) is 0 Å². The fraction of sp³-hybridized carbons (Fsp3) is 0. The van der Waals surface area contributed by atoms with E-state index in [4.69, 9.17) is 5.73 Å². The molecule has 0 amide bonds. The Hall–Kier alpha value is -0.0336. The van der Waals surface area contributed by atoms with Gasteiger partial charge in [-0.1, -0.05) is 6.07 Å². The quantitative estimate of drug-likeness (QED) is 0.199. The standard InChI is InChI=1S/C6H6N2O5S.K/c7-6-4(8(9)10)2-1-3-5(6)14(11,12)13;/h1-3H,7H2,(H,11,12,13);/q;+1/p-1. The first-order valence-corrected chi connectivity index (χ1v) is 4.73. The predicted molar refractivity (Wildman–Crippen MR) is 45.5 cm³/mol. The maximum absolute atomic E-state index is 10.6. The molecule has 9 heteroatoms. The van der Waals surface area contributed by atoms with E-state index in [2.05, 4.69) is 0 Å². The zero-order valence-electron chi connectivity index (χ0n) is 7.71. The summed E-state index contributed by atoms with van der Waals surface area (Å²) in [5.41, 5.74) is 3.92. The van der Waals surface area contributed by atoms with Crippen LogP contribution in [0.25, 0.3) is 0 Å². The normalized spacial score (nSPS) is 10.5. The van der Waals surface area contributed by atoms with Gasteiger partial charge in [-0.05, 0) is 6.07 Å². The van der Waals surface area contributed by atoms with Crippen LogP contribution in [0.3, 0.4) is 0 Å². The van der Waals surface area contributed by atoms with Gasteiger partial charge in [0.05, 0.1) is 9.82 Å². The molecule has 0 atom stereocenters. The number of para-hydroxylation sites is 1. The Kier molecular flexibility index (Phi) is 5.33. The molecule has 0 aromatic heterocycles. The summed E-state index contributed by atoms with van der Waals surface area (Å²) in [5.74, 6) is 0. The van der Waals surface area contributed by atoms with Crippen molar-refractivity contribution < 1.29 is 69.3 Å². The van der Waals surface area contributed by atoms with Gasteiger partial charge in [-0.15, -0.1) is 0 Å². The van der Waals surface area contributed by atoms with Crippen LogP contribution in [-0.2, 0) is 10.1 Å². The van der Waals surface area contributed by atoms with Crippen LogP contribution < -0.4 is 57.1 Å². The van der Waals surface area contributed by atoms with Gasteiger partial charge in [0.25, 0.3) is 5.69 Å². The number of nitrogen functional groups attached to an aromatic ring is 1. The average Bonchev–Trinajstić information content (AvgIpc) is 2.01. The minimum Gasteiger partial charge on any atom is -0.744 e. The third-order valence-corrected chi connectivity index (χ3v) is 2.40. The Morgan fingerprint density at radius 3 is 2.27 bits per heavy atom. The van der Waals surface area contributed by atoms with Crippen molar-refractivity contribution in [2.75, 3.05) is 5.73 Å². The van der Waals surface area contributed by atoms with Crippen LogP contribution in [-0.4, -0.2) is 17.9 Å². The Bertz CT molecular complexity index is 486. The van der Waals surface area contributed by atoms with Crippen molar-refractivity contribution in [1.82, 2.24) is 0 Å². The first kappa shape index (κ1) is 15.0. The third kappa shape index (κ3) is 3.48. The van der Waals surface area contributed by atoms with Crippen LogP contribution >= 0.6 is 0 Å². The molecule has 1 aromatic rings. The molecule has 0 unspecified atom stereocenters. The summed E-state index contributed by atoms with van der Waals surface area (Å²) in [6, 6.07) is 3.02. The summed E-state index contributed by atoms with van der Waals surface area (Å²) in [4.78, 5) is 8.70. The van der Waals surface area contributed by atoms with E-state index in [0.29, 0.717) is 0 Å². The smallest absolute Gasteiger partial charge is 0.744 e. The fourth-order valence-electron chi connectivity index (χ4n) is 0.910. The first-order valence-electron chi connectivity index (χ1n) is 3.33. The summed E-state index contributed by atoms with van der Waals surface area (Å²) >= 11 is 0. The van der Waals surface area contributed by atoms with Crippen molar-refractivity contribution in [3.63, 3.8) is 0 Å². The Morgan fingerprint density at radius 1 is 1.33 bits per heavy atom. The van der Waals surface area contributed by atoms with E-state index in [-0.39, 0.29) is 51.4 Å². The second-order valence-electron chi connectivity index (χ2n) is 2.40. The molecule has 2 N–H and O–H groups in total. The van der Waals surface area contributed by atoms with Crippen molar-refractivity contribution in [2.24, 2.45) is 0 Å². The van der Waals surface area contributed by atoms with Crippen molar-refractivity contribution in [2.45, 2.75) is 4.90 Å². The molecule has 0 aliphatic heterocycles. The van der Waals surface area contributed by atoms with E-state index in [9.17, 15) is 23.1 Å². The molecule has 1 rings (SSSR count). The SMILES string of the molecule is Nc1c([N+](=O)[O-])cccc1S(=O)(=O)[O-].[K+]. The van der Waals surface area contributed by atoms with Gasteiger partial charge in [-0.3, -0.25) is 10.1 Å². The number of nitro groups is 1. The van der Waals surface area contributed by atoms with Crippen LogP contribution in [0.1, 0.15) is 0 Å². The summed E-state index contributed by atoms with van der Waals surface area (Å²) in [5, 5.41) is 10.3. The largest absolute Gasteiger partial charge is 1.00 e. The molecule has 7 nitrogen and oxygen atoms in total. The van der Waals surface area contributed by atoms with E-state index in [0.717, 1.165) is 18.2 Å². The summed E-state index contributed by atoms with van der Waals surface area (Å²) < 4.78 is 31.7.